The molecule has 0 saturated carbocycles. The predicted octanol–water partition coefficient (Wildman–Crippen LogP) is 3.65. The third-order valence-electron chi connectivity index (χ3n) is 4.40. The van der Waals surface area contributed by atoms with Crippen molar-refractivity contribution in [1.82, 2.24) is 30.0 Å². The van der Waals surface area contributed by atoms with Crippen molar-refractivity contribution in [2.45, 2.75) is 6.42 Å². The summed E-state index contributed by atoms with van der Waals surface area (Å²) in [6.45, 7) is 0.784. The highest BCUT2D eigenvalue weighted by Crippen LogP contribution is 2.28. The van der Waals surface area contributed by atoms with E-state index in [1.165, 1.54) is 0 Å². The Bertz CT molecular complexity index is 1250. The number of hydrogen-bond donors (Lipinski definition) is 1. The molecule has 0 saturated heterocycles. The van der Waals surface area contributed by atoms with Crippen LogP contribution in [0.25, 0.3) is 22.0 Å². The molecular weight excluding hydrogens is 422 g/mol. The fourth-order valence-corrected chi connectivity index (χ4v) is 3.54. The molecule has 1 aliphatic heterocycles. The highest BCUT2D eigenvalue weighted by Gasteiger charge is 2.09. The molecule has 0 radical (unpaired) electrons. The first-order valence-electron chi connectivity index (χ1n) is 9.81. The summed E-state index contributed by atoms with van der Waals surface area (Å²) in [7, 11) is 1.76. The van der Waals surface area contributed by atoms with Gasteiger partial charge in [0, 0.05) is 37.2 Å². The highest BCUT2D eigenvalue weighted by molar-refractivity contribution is 7.13. The van der Waals surface area contributed by atoms with Gasteiger partial charge in [-0.05, 0) is 18.1 Å². The van der Waals surface area contributed by atoms with Gasteiger partial charge in [0.15, 0.2) is 0 Å². The summed E-state index contributed by atoms with van der Waals surface area (Å²) in [6, 6.07) is 13.8. The first-order valence-corrected chi connectivity index (χ1v) is 10.7. The lowest BCUT2D eigenvalue weighted by atomic mass is 10.2. The van der Waals surface area contributed by atoms with Gasteiger partial charge in [0.2, 0.25) is 5.95 Å². The number of aromatic nitrogens is 5. The SMILES string of the molecule is CN1CCC#CC1=O.c1ccc(-c2nc(-c3ccnc(Nc4ccnnc4)n3)cs2)cc1. The molecule has 3 aromatic heterocycles. The zero-order valence-electron chi connectivity index (χ0n) is 17.3. The maximum absolute atomic E-state index is 10.5. The maximum Gasteiger partial charge on any atom is 0.298 e. The summed E-state index contributed by atoms with van der Waals surface area (Å²) in [5.41, 5.74) is 3.49. The van der Waals surface area contributed by atoms with E-state index in [9.17, 15) is 4.79 Å². The van der Waals surface area contributed by atoms with E-state index in [0.717, 1.165) is 40.6 Å². The van der Waals surface area contributed by atoms with Gasteiger partial charge in [0.1, 0.15) is 10.7 Å². The molecule has 0 spiro atoms. The number of hydrogen-bond acceptors (Lipinski definition) is 8. The van der Waals surface area contributed by atoms with Gasteiger partial charge in [0.25, 0.3) is 5.91 Å². The molecule has 1 N–H and O–H groups in total. The van der Waals surface area contributed by atoms with Crippen LogP contribution < -0.4 is 5.32 Å². The monoisotopic (exact) mass is 441 g/mol. The largest absolute Gasteiger partial charge is 0.334 e. The second kappa shape index (κ2) is 10.2. The fourth-order valence-electron chi connectivity index (χ4n) is 2.72. The molecule has 32 heavy (non-hydrogen) atoms. The van der Waals surface area contributed by atoms with Crippen LogP contribution in [0.3, 0.4) is 0 Å². The van der Waals surface area contributed by atoms with Crippen molar-refractivity contribution in [3.8, 4) is 33.8 Å². The number of nitrogens with one attached hydrogen (secondary N) is 1. The number of thiazole rings is 1. The Labute approximate surface area is 189 Å². The zero-order valence-corrected chi connectivity index (χ0v) is 18.1. The standard InChI is InChI=1S/C17H12N6S.C6H7NO/c1-2-4-12(5-3-1)16-22-15(11-24-16)14-7-8-18-17(23-14)21-13-6-9-19-20-10-13;1-7-5-3-2-4-6(7)8/h1-11H,(H,18,19,21,23);3,5H2,1H3. The molecule has 8 nitrogen and oxygen atoms in total. The lowest BCUT2D eigenvalue weighted by Gasteiger charge is -2.13. The van der Waals surface area contributed by atoms with Crippen LogP contribution in [0.5, 0.6) is 0 Å². The Morgan fingerprint density at radius 2 is 1.91 bits per heavy atom. The summed E-state index contributed by atoms with van der Waals surface area (Å²) in [5, 5.41) is 13.6. The summed E-state index contributed by atoms with van der Waals surface area (Å²) in [6.07, 6.45) is 5.76. The Kier molecular flexibility index (Phi) is 6.75. The van der Waals surface area contributed by atoms with E-state index in [4.69, 9.17) is 0 Å². The van der Waals surface area contributed by atoms with Crippen molar-refractivity contribution in [3.63, 3.8) is 0 Å². The second-order valence-corrected chi connectivity index (χ2v) is 7.56. The average Bonchev–Trinajstić information content (AvgIpc) is 3.34. The van der Waals surface area contributed by atoms with Crippen LogP contribution >= 0.6 is 11.3 Å². The number of carbonyl (C=O) groups is 1. The van der Waals surface area contributed by atoms with Crippen molar-refractivity contribution in [2.24, 2.45) is 0 Å². The summed E-state index contributed by atoms with van der Waals surface area (Å²) in [5.74, 6) is 5.63. The molecular formula is C23H19N7OS. The van der Waals surface area contributed by atoms with Gasteiger partial charge < -0.3 is 10.2 Å². The molecule has 4 aromatic rings. The summed E-state index contributed by atoms with van der Waals surface area (Å²) < 4.78 is 0. The van der Waals surface area contributed by atoms with Crippen LogP contribution in [-0.2, 0) is 4.79 Å². The Morgan fingerprint density at radius 1 is 1.03 bits per heavy atom. The number of carbonyl (C=O) groups excluding carboxylic acids is 1. The van der Waals surface area contributed by atoms with E-state index in [1.54, 1.807) is 47.9 Å². The van der Waals surface area contributed by atoms with Crippen molar-refractivity contribution >= 4 is 28.9 Å². The normalized spacial score (nSPS) is 12.3. The van der Waals surface area contributed by atoms with E-state index in [2.05, 4.69) is 42.3 Å². The Hall–Kier alpha value is -4.16. The van der Waals surface area contributed by atoms with Crippen molar-refractivity contribution in [2.75, 3.05) is 18.9 Å². The molecule has 0 fully saturated rings. The molecule has 0 atom stereocenters. The van der Waals surface area contributed by atoms with Gasteiger partial charge in [-0.25, -0.2) is 15.0 Å². The lowest BCUT2D eigenvalue weighted by molar-refractivity contribution is -0.124. The van der Waals surface area contributed by atoms with E-state index >= 15 is 0 Å². The van der Waals surface area contributed by atoms with Crippen LogP contribution in [-0.4, -0.2) is 49.5 Å². The van der Waals surface area contributed by atoms with Crippen LogP contribution in [0.2, 0.25) is 0 Å². The number of rotatable bonds is 4. The smallest absolute Gasteiger partial charge is 0.298 e. The molecule has 1 aliphatic rings. The van der Waals surface area contributed by atoms with Gasteiger partial charge in [-0.15, -0.1) is 11.3 Å². The topological polar surface area (TPSA) is 96.8 Å². The maximum atomic E-state index is 10.5. The van der Waals surface area contributed by atoms with Gasteiger partial charge in [-0.3, -0.25) is 4.79 Å². The van der Waals surface area contributed by atoms with E-state index in [-0.39, 0.29) is 5.91 Å². The number of benzene rings is 1. The van der Waals surface area contributed by atoms with Gasteiger partial charge in [-0.1, -0.05) is 36.3 Å². The predicted molar refractivity (Wildman–Crippen MR) is 124 cm³/mol. The molecule has 0 bridgehead atoms. The lowest BCUT2D eigenvalue weighted by Crippen LogP contribution is -2.28. The summed E-state index contributed by atoms with van der Waals surface area (Å²) in [4.78, 5) is 25.6. The Morgan fingerprint density at radius 3 is 2.62 bits per heavy atom. The van der Waals surface area contributed by atoms with Crippen molar-refractivity contribution < 1.29 is 4.79 Å². The van der Waals surface area contributed by atoms with Gasteiger partial charge in [0.05, 0.1) is 23.8 Å². The second-order valence-electron chi connectivity index (χ2n) is 6.70. The Balaban J connectivity index is 0.000000260. The third-order valence-corrected chi connectivity index (χ3v) is 5.29. The molecule has 9 heteroatoms. The summed E-state index contributed by atoms with van der Waals surface area (Å²) >= 11 is 1.60. The molecule has 158 valence electrons. The third kappa shape index (κ3) is 5.50. The molecule has 1 amide bonds. The van der Waals surface area contributed by atoms with E-state index < -0.39 is 0 Å². The van der Waals surface area contributed by atoms with Crippen LogP contribution in [0.1, 0.15) is 6.42 Å². The zero-order chi connectivity index (χ0) is 22.2. The minimum absolute atomic E-state index is 0.0590. The van der Waals surface area contributed by atoms with Crippen molar-refractivity contribution in [3.05, 3.63) is 66.4 Å². The number of nitrogens with zero attached hydrogens (tertiary/aromatic N) is 6. The quantitative estimate of drug-likeness (QED) is 0.483. The molecule has 1 aromatic carbocycles. The number of amides is 1. The molecule has 5 rings (SSSR count). The first kappa shape index (κ1) is 21.1. The van der Waals surface area contributed by atoms with E-state index in [1.807, 2.05) is 41.8 Å². The van der Waals surface area contributed by atoms with E-state index in [0.29, 0.717) is 5.95 Å². The van der Waals surface area contributed by atoms with Crippen molar-refractivity contribution in [1.29, 1.82) is 0 Å². The average molecular weight is 442 g/mol. The van der Waals surface area contributed by atoms with Crippen LogP contribution in [0.4, 0.5) is 11.6 Å². The molecule has 0 aliphatic carbocycles. The van der Waals surface area contributed by atoms with Crippen LogP contribution in [0, 0.1) is 11.8 Å². The first-order chi connectivity index (χ1) is 15.7. The highest BCUT2D eigenvalue weighted by atomic mass is 32.1. The van der Waals surface area contributed by atoms with Crippen LogP contribution in [0.15, 0.2) is 66.4 Å². The molecule has 0 unspecified atom stereocenters. The minimum Gasteiger partial charge on any atom is -0.334 e. The number of anilines is 2. The minimum atomic E-state index is -0.0590. The van der Waals surface area contributed by atoms with Gasteiger partial charge in [-0.2, -0.15) is 10.2 Å². The van der Waals surface area contributed by atoms with Gasteiger partial charge >= 0.3 is 0 Å². The molecule has 4 heterocycles. The fraction of sp³-hybridized carbons (Fsp3) is 0.130.